The number of nitrogens with zero attached hydrogens (tertiary/aromatic N) is 1. The SMILES string of the molecule is C[C@H]1C[C@@H]2C(=O)N(CCCCCC(=O)O)C(=O)[C@@H]2[C@@H]2C[C@@H](c3cccc(O)c3)O[C@]12O. The first kappa shape index (κ1) is 21.8. The zero-order chi connectivity index (χ0) is 22.3. The predicted molar refractivity (Wildman–Crippen MR) is 109 cm³/mol. The smallest absolute Gasteiger partial charge is 0.303 e. The summed E-state index contributed by atoms with van der Waals surface area (Å²) in [6.07, 6.45) is 2.10. The Hall–Kier alpha value is -2.45. The molecule has 8 nitrogen and oxygen atoms in total. The second-order valence-electron chi connectivity index (χ2n) is 9.10. The van der Waals surface area contributed by atoms with Crippen molar-refractivity contribution in [3.63, 3.8) is 0 Å². The molecule has 0 bridgehead atoms. The van der Waals surface area contributed by atoms with Crippen molar-refractivity contribution in [2.45, 2.75) is 57.3 Å². The maximum atomic E-state index is 13.2. The first-order valence-corrected chi connectivity index (χ1v) is 11.0. The predicted octanol–water partition coefficient (Wildman–Crippen LogP) is 2.44. The van der Waals surface area contributed by atoms with Crippen LogP contribution in [0.2, 0.25) is 0 Å². The first-order chi connectivity index (χ1) is 14.7. The average Bonchev–Trinajstić information content (AvgIpc) is 3.18. The molecule has 6 atom stereocenters. The zero-order valence-corrected chi connectivity index (χ0v) is 17.6. The topological polar surface area (TPSA) is 124 Å². The van der Waals surface area contributed by atoms with Gasteiger partial charge in [0.05, 0.1) is 17.9 Å². The lowest BCUT2D eigenvalue weighted by Gasteiger charge is -2.43. The third-order valence-corrected chi connectivity index (χ3v) is 7.16. The van der Waals surface area contributed by atoms with Gasteiger partial charge in [-0.15, -0.1) is 0 Å². The molecule has 1 aliphatic carbocycles. The van der Waals surface area contributed by atoms with Crippen molar-refractivity contribution in [1.29, 1.82) is 0 Å². The molecule has 2 aliphatic heterocycles. The van der Waals surface area contributed by atoms with Crippen LogP contribution in [0.4, 0.5) is 0 Å². The third kappa shape index (κ3) is 3.83. The van der Waals surface area contributed by atoms with Gasteiger partial charge >= 0.3 is 5.97 Å². The van der Waals surface area contributed by atoms with Gasteiger partial charge in [0.25, 0.3) is 0 Å². The Kier molecular flexibility index (Phi) is 5.79. The summed E-state index contributed by atoms with van der Waals surface area (Å²) >= 11 is 0. The molecule has 1 saturated carbocycles. The van der Waals surface area contributed by atoms with E-state index in [9.17, 15) is 24.6 Å². The van der Waals surface area contributed by atoms with Gasteiger partial charge in [0.15, 0.2) is 5.79 Å². The summed E-state index contributed by atoms with van der Waals surface area (Å²) in [6, 6.07) is 6.69. The third-order valence-electron chi connectivity index (χ3n) is 7.16. The number of aliphatic carboxylic acids is 1. The van der Waals surface area contributed by atoms with Crippen LogP contribution in [0, 0.1) is 23.7 Å². The molecule has 3 fully saturated rings. The molecule has 0 aromatic heterocycles. The number of carboxylic acids is 1. The molecule has 1 aromatic carbocycles. The number of aliphatic hydroxyl groups is 1. The molecule has 2 saturated heterocycles. The molecule has 0 spiro atoms. The maximum absolute atomic E-state index is 13.2. The van der Waals surface area contributed by atoms with Crippen molar-refractivity contribution < 1.29 is 34.4 Å². The Morgan fingerprint density at radius 1 is 1.19 bits per heavy atom. The quantitative estimate of drug-likeness (QED) is 0.447. The number of likely N-dealkylation sites (tertiary alicyclic amines) is 1. The van der Waals surface area contributed by atoms with Gasteiger partial charge < -0.3 is 20.1 Å². The average molecular weight is 431 g/mol. The van der Waals surface area contributed by atoms with E-state index in [1.165, 1.54) is 4.90 Å². The fourth-order valence-corrected chi connectivity index (χ4v) is 5.59. The normalized spacial score (nSPS) is 34.6. The highest BCUT2D eigenvalue weighted by Crippen LogP contribution is 2.58. The van der Waals surface area contributed by atoms with Crippen molar-refractivity contribution in [3.05, 3.63) is 29.8 Å². The summed E-state index contributed by atoms with van der Waals surface area (Å²) in [5.41, 5.74) is 0.735. The van der Waals surface area contributed by atoms with Crippen molar-refractivity contribution in [1.82, 2.24) is 4.90 Å². The second kappa shape index (κ2) is 8.24. The number of hydrogen-bond acceptors (Lipinski definition) is 6. The number of carboxylic acid groups (broad SMARTS) is 1. The molecule has 2 heterocycles. The Bertz CT molecular complexity index is 886. The van der Waals surface area contributed by atoms with Gasteiger partial charge in [-0.25, -0.2) is 0 Å². The molecule has 0 radical (unpaired) electrons. The van der Waals surface area contributed by atoms with Crippen LogP contribution in [0.5, 0.6) is 5.75 Å². The summed E-state index contributed by atoms with van der Waals surface area (Å²) in [7, 11) is 0. The van der Waals surface area contributed by atoms with Crippen molar-refractivity contribution in [2.24, 2.45) is 23.7 Å². The monoisotopic (exact) mass is 431 g/mol. The minimum Gasteiger partial charge on any atom is -0.508 e. The van der Waals surface area contributed by atoms with E-state index in [-0.39, 0.29) is 36.4 Å². The summed E-state index contributed by atoms with van der Waals surface area (Å²) in [5, 5.41) is 29.9. The Labute approximate surface area is 180 Å². The number of carbonyl (C=O) groups is 3. The van der Waals surface area contributed by atoms with Crippen LogP contribution >= 0.6 is 0 Å². The van der Waals surface area contributed by atoms with E-state index in [1.807, 2.05) is 13.0 Å². The maximum Gasteiger partial charge on any atom is 0.303 e. The first-order valence-electron chi connectivity index (χ1n) is 11.0. The fourth-order valence-electron chi connectivity index (χ4n) is 5.59. The number of phenolic OH excluding ortho intramolecular Hbond substituents is 1. The molecule has 2 amide bonds. The number of rotatable bonds is 7. The van der Waals surface area contributed by atoms with E-state index in [0.717, 1.165) is 5.56 Å². The lowest BCUT2D eigenvalue weighted by Crippen LogP contribution is -2.52. The van der Waals surface area contributed by atoms with E-state index in [0.29, 0.717) is 32.1 Å². The van der Waals surface area contributed by atoms with Crippen LogP contribution in [0.3, 0.4) is 0 Å². The highest BCUT2D eigenvalue weighted by Gasteiger charge is 2.65. The lowest BCUT2D eigenvalue weighted by atomic mass is 9.65. The van der Waals surface area contributed by atoms with Gasteiger partial charge in [0.1, 0.15) is 5.75 Å². The van der Waals surface area contributed by atoms with Gasteiger partial charge in [-0.3, -0.25) is 19.3 Å². The largest absolute Gasteiger partial charge is 0.508 e. The standard InChI is InChI=1S/C23H29NO7/c1-13-10-16-20(22(29)24(21(16)28)9-4-2-3-8-19(26)27)17-12-18(31-23(13,17)30)14-6-5-7-15(25)11-14/h5-7,11,13,16-18,20,25,30H,2-4,8-10,12H2,1H3,(H,26,27)/t13-,16-,17-,18-,20-,23+/m0/s1. The van der Waals surface area contributed by atoms with E-state index < -0.39 is 35.6 Å². The number of phenols is 1. The summed E-state index contributed by atoms with van der Waals surface area (Å²) in [6.45, 7) is 2.13. The summed E-state index contributed by atoms with van der Waals surface area (Å²) in [4.78, 5) is 38.2. The molecule has 168 valence electrons. The summed E-state index contributed by atoms with van der Waals surface area (Å²) in [5.74, 6) is -4.58. The number of amides is 2. The van der Waals surface area contributed by atoms with E-state index in [4.69, 9.17) is 9.84 Å². The highest BCUT2D eigenvalue weighted by atomic mass is 16.6. The molecule has 1 aromatic rings. The number of carbonyl (C=O) groups excluding carboxylic acids is 2. The van der Waals surface area contributed by atoms with Gasteiger partial charge in [-0.2, -0.15) is 0 Å². The van der Waals surface area contributed by atoms with Crippen LogP contribution in [-0.4, -0.2) is 50.3 Å². The van der Waals surface area contributed by atoms with Crippen molar-refractivity contribution in [2.75, 3.05) is 6.54 Å². The van der Waals surface area contributed by atoms with Crippen LogP contribution in [0.1, 0.15) is 57.1 Å². The number of fused-ring (bicyclic) bond motifs is 3. The minimum atomic E-state index is -1.50. The molecule has 3 aliphatic rings. The molecule has 0 unspecified atom stereocenters. The molecular formula is C23H29NO7. The molecule has 3 N–H and O–H groups in total. The molecular weight excluding hydrogens is 402 g/mol. The lowest BCUT2D eigenvalue weighted by molar-refractivity contribution is -0.265. The highest BCUT2D eigenvalue weighted by molar-refractivity contribution is 6.05. The number of aromatic hydroxyl groups is 1. The Morgan fingerprint density at radius 3 is 2.68 bits per heavy atom. The van der Waals surface area contributed by atoms with Crippen LogP contribution in [0.25, 0.3) is 0 Å². The molecule has 4 rings (SSSR count). The number of ether oxygens (including phenoxy) is 1. The number of hydrogen-bond donors (Lipinski definition) is 3. The van der Waals surface area contributed by atoms with Crippen LogP contribution in [0.15, 0.2) is 24.3 Å². The minimum absolute atomic E-state index is 0.0769. The fraction of sp³-hybridized carbons (Fsp3) is 0.609. The van der Waals surface area contributed by atoms with E-state index in [2.05, 4.69) is 0 Å². The van der Waals surface area contributed by atoms with Crippen LogP contribution < -0.4 is 0 Å². The van der Waals surface area contributed by atoms with Gasteiger partial charge in [-0.1, -0.05) is 25.5 Å². The molecule has 8 heteroatoms. The molecule has 31 heavy (non-hydrogen) atoms. The number of benzene rings is 1. The van der Waals surface area contributed by atoms with Gasteiger partial charge in [0, 0.05) is 24.8 Å². The van der Waals surface area contributed by atoms with E-state index in [1.54, 1.807) is 18.2 Å². The van der Waals surface area contributed by atoms with Gasteiger partial charge in [0.2, 0.25) is 11.8 Å². The zero-order valence-electron chi connectivity index (χ0n) is 17.6. The Balaban J connectivity index is 1.50. The Morgan fingerprint density at radius 2 is 1.97 bits per heavy atom. The number of imide groups is 1. The van der Waals surface area contributed by atoms with Crippen molar-refractivity contribution in [3.8, 4) is 5.75 Å². The second-order valence-corrected chi connectivity index (χ2v) is 9.10. The van der Waals surface area contributed by atoms with Crippen molar-refractivity contribution >= 4 is 17.8 Å². The number of unbranched alkanes of at least 4 members (excludes halogenated alkanes) is 2. The van der Waals surface area contributed by atoms with Gasteiger partial charge in [-0.05, 0) is 43.4 Å². The van der Waals surface area contributed by atoms with E-state index >= 15 is 0 Å². The summed E-state index contributed by atoms with van der Waals surface area (Å²) < 4.78 is 6.08. The van der Waals surface area contributed by atoms with Crippen LogP contribution in [-0.2, 0) is 19.1 Å².